The first-order valence-corrected chi connectivity index (χ1v) is 6.70. The number of alkyl halides is 1. The monoisotopic (exact) mass is 301 g/mol. The summed E-state index contributed by atoms with van der Waals surface area (Å²) in [6.45, 7) is 5.73. The number of hydrogen-bond donors (Lipinski definition) is 1. The van der Waals surface area contributed by atoms with E-state index in [1.54, 1.807) is 19.1 Å². The van der Waals surface area contributed by atoms with Gasteiger partial charge >= 0.3 is 0 Å². The van der Waals surface area contributed by atoms with Gasteiger partial charge in [-0.3, -0.25) is 4.79 Å². The summed E-state index contributed by atoms with van der Waals surface area (Å²) in [5.41, 5.74) is 0.905. The number of nitrogens with one attached hydrogen (secondary N) is 1. The standard InChI is InChI=1S/C13H17BrFNO/c1-8(2)12(7-14)16-13(17)10-5-4-9(3)11(15)6-10/h4-6,8,12H,7H2,1-3H3,(H,16,17). The van der Waals surface area contributed by atoms with Gasteiger partial charge < -0.3 is 5.32 Å². The number of halogens is 2. The van der Waals surface area contributed by atoms with Gasteiger partial charge in [-0.1, -0.05) is 35.8 Å². The van der Waals surface area contributed by atoms with Crippen LogP contribution in [0.25, 0.3) is 0 Å². The van der Waals surface area contributed by atoms with Crippen LogP contribution >= 0.6 is 15.9 Å². The second-order valence-electron chi connectivity index (χ2n) is 4.44. The zero-order valence-corrected chi connectivity index (χ0v) is 11.8. The van der Waals surface area contributed by atoms with E-state index in [1.165, 1.54) is 6.07 Å². The lowest BCUT2D eigenvalue weighted by atomic mass is 10.1. The largest absolute Gasteiger partial charge is 0.348 e. The van der Waals surface area contributed by atoms with Gasteiger partial charge in [-0.05, 0) is 30.5 Å². The molecule has 1 rings (SSSR count). The average Bonchev–Trinajstić information content (AvgIpc) is 2.28. The van der Waals surface area contributed by atoms with Crippen molar-refractivity contribution in [2.45, 2.75) is 26.8 Å². The Morgan fingerprint density at radius 3 is 2.59 bits per heavy atom. The van der Waals surface area contributed by atoms with Crippen molar-refractivity contribution < 1.29 is 9.18 Å². The summed E-state index contributed by atoms with van der Waals surface area (Å²) in [6.07, 6.45) is 0. The molecule has 0 heterocycles. The van der Waals surface area contributed by atoms with E-state index in [0.29, 0.717) is 22.4 Å². The summed E-state index contributed by atoms with van der Waals surface area (Å²) in [6, 6.07) is 4.57. The van der Waals surface area contributed by atoms with Crippen LogP contribution in [-0.2, 0) is 0 Å². The zero-order chi connectivity index (χ0) is 13.0. The van der Waals surface area contributed by atoms with E-state index < -0.39 is 0 Å². The summed E-state index contributed by atoms with van der Waals surface area (Å²) in [5.74, 6) is -0.256. The molecule has 1 N–H and O–H groups in total. The molecule has 0 bridgehead atoms. The fourth-order valence-electron chi connectivity index (χ4n) is 1.37. The van der Waals surface area contributed by atoms with Crippen molar-refractivity contribution in [2.75, 3.05) is 5.33 Å². The third-order valence-corrected chi connectivity index (χ3v) is 3.42. The second-order valence-corrected chi connectivity index (χ2v) is 5.09. The number of rotatable bonds is 4. The van der Waals surface area contributed by atoms with Crippen LogP contribution in [0, 0.1) is 18.7 Å². The number of aryl methyl sites for hydroxylation is 1. The predicted molar refractivity (Wildman–Crippen MR) is 71.0 cm³/mol. The minimum atomic E-state index is -0.349. The molecule has 1 aromatic carbocycles. The second kappa shape index (κ2) is 6.15. The van der Waals surface area contributed by atoms with Crippen LogP contribution < -0.4 is 5.32 Å². The number of carbonyl (C=O) groups is 1. The van der Waals surface area contributed by atoms with Gasteiger partial charge in [0.05, 0.1) is 0 Å². The summed E-state index contributed by atoms with van der Waals surface area (Å²) in [7, 11) is 0. The van der Waals surface area contributed by atoms with Gasteiger partial charge in [0.2, 0.25) is 0 Å². The van der Waals surface area contributed by atoms with Crippen LogP contribution in [0.4, 0.5) is 4.39 Å². The Kier molecular flexibility index (Phi) is 5.12. The quantitative estimate of drug-likeness (QED) is 0.850. The smallest absolute Gasteiger partial charge is 0.251 e. The molecular weight excluding hydrogens is 285 g/mol. The van der Waals surface area contributed by atoms with Crippen molar-refractivity contribution in [1.82, 2.24) is 5.32 Å². The maximum atomic E-state index is 13.3. The molecular formula is C13H17BrFNO. The van der Waals surface area contributed by atoms with Crippen LogP contribution in [-0.4, -0.2) is 17.3 Å². The molecule has 1 aromatic rings. The third kappa shape index (κ3) is 3.80. The lowest BCUT2D eigenvalue weighted by molar-refractivity contribution is 0.0931. The number of benzene rings is 1. The molecule has 0 aliphatic heterocycles. The van der Waals surface area contributed by atoms with E-state index in [-0.39, 0.29) is 17.8 Å². The van der Waals surface area contributed by atoms with Crippen LogP contribution in [0.15, 0.2) is 18.2 Å². The SMILES string of the molecule is Cc1ccc(C(=O)NC(CBr)C(C)C)cc1F. The highest BCUT2D eigenvalue weighted by molar-refractivity contribution is 9.09. The summed E-state index contributed by atoms with van der Waals surface area (Å²) < 4.78 is 13.3. The molecule has 1 atom stereocenters. The molecule has 0 spiro atoms. The molecule has 0 saturated carbocycles. The highest BCUT2D eigenvalue weighted by atomic mass is 79.9. The van der Waals surface area contributed by atoms with Gasteiger partial charge in [-0.25, -0.2) is 4.39 Å². The Morgan fingerprint density at radius 1 is 1.47 bits per heavy atom. The van der Waals surface area contributed by atoms with Gasteiger partial charge in [0, 0.05) is 16.9 Å². The number of carbonyl (C=O) groups excluding carboxylic acids is 1. The number of hydrogen-bond acceptors (Lipinski definition) is 1. The van der Waals surface area contributed by atoms with Crippen LogP contribution in [0.5, 0.6) is 0 Å². The van der Waals surface area contributed by atoms with Crippen molar-refractivity contribution in [3.8, 4) is 0 Å². The summed E-state index contributed by atoms with van der Waals surface area (Å²) in [5, 5.41) is 3.56. The van der Waals surface area contributed by atoms with Gasteiger partial charge in [-0.2, -0.15) is 0 Å². The molecule has 17 heavy (non-hydrogen) atoms. The maximum Gasteiger partial charge on any atom is 0.251 e. The van der Waals surface area contributed by atoms with Gasteiger partial charge in [0.15, 0.2) is 0 Å². The molecule has 0 aromatic heterocycles. The van der Waals surface area contributed by atoms with Crippen LogP contribution in [0.3, 0.4) is 0 Å². The zero-order valence-electron chi connectivity index (χ0n) is 10.3. The lowest BCUT2D eigenvalue weighted by Gasteiger charge is -2.20. The highest BCUT2D eigenvalue weighted by Crippen LogP contribution is 2.11. The molecule has 4 heteroatoms. The Bertz CT molecular complexity index is 406. The average molecular weight is 302 g/mol. The van der Waals surface area contributed by atoms with Crippen LogP contribution in [0.2, 0.25) is 0 Å². The van der Waals surface area contributed by atoms with Crippen molar-refractivity contribution in [2.24, 2.45) is 5.92 Å². The topological polar surface area (TPSA) is 29.1 Å². The first kappa shape index (κ1) is 14.2. The summed E-state index contributed by atoms with van der Waals surface area (Å²) in [4.78, 5) is 11.9. The van der Waals surface area contributed by atoms with E-state index in [1.807, 2.05) is 13.8 Å². The van der Waals surface area contributed by atoms with Crippen molar-refractivity contribution in [3.05, 3.63) is 35.1 Å². The molecule has 0 aliphatic rings. The molecule has 0 fully saturated rings. The van der Waals surface area contributed by atoms with Gasteiger partial charge in [0.1, 0.15) is 5.82 Å². The van der Waals surface area contributed by atoms with Crippen molar-refractivity contribution in [1.29, 1.82) is 0 Å². The van der Waals surface area contributed by atoms with Crippen LogP contribution in [0.1, 0.15) is 29.8 Å². The normalized spacial score (nSPS) is 12.6. The maximum absolute atomic E-state index is 13.3. The lowest BCUT2D eigenvalue weighted by Crippen LogP contribution is -2.39. The first-order valence-electron chi connectivity index (χ1n) is 5.58. The summed E-state index contributed by atoms with van der Waals surface area (Å²) >= 11 is 3.35. The highest BCUT2D eigenvalue weighted by Gasteiger charge is 2.16. The Balaban J connectivity index is 2.79. The Hall–Kier alpha value is -0.900. The fraction of sp³-hybridized carbons (Fsp3) is 0.462. The van der Waals surface area contributed by atoms with Crippen molar-refractivity contribution in [3.63, 3.8) is 0 Å². The number of amides is 1. The molecule has 1 unspecified atom stereocenters. The van der Waals surface area contributed by atoms with E-state index >= 15 is 0 Å². The van der Waals surface area contributed by atoms with E-state index in [9.17, 15) is 9.18 Å². The third-order valence-electron chi connectivity index (χ3n) is 2.72. The Labute approximate surface area is 110 Å². The van der Waals surface area contributed by atoms with E-state index in [2.05, 4.69) is 21.2 Å². The molecule has 1 amide bonds. The van der Waals surface area contributed by atoms with E-state index in [0.717, 1.165) is 0 Å². The predicted octanol–water partition coefficient (Wildman–Crippen LogP) is 3.28. The first-order chi connectivity index (χ1) is 7.95. The van der Waals surface area contributed by atoms with Gasteiger partial charge in [-0.15, -0.1) is 0 Å². The Morgan fingerprint density at radius 2 is 2.12 bits per heavy atom. The molecule has 0 aliphatic carbocycles. The molecule has 94 valence electrons. The fourth-order valence-corrected chi connectivity index (χ4v) is 2.28. The molecule has 0 radical (unpaired) electrons. The van der Waals surface area contributed by atoms with E-state index in [4.69, 9.17) is 0 Å². The minimum Gasteiger partial charge on any atom is -0.348 e. The molecule has 0 saturated heterocycles. The molecule has 2 nitrogen and oxygen atoms in total. The van der Waals surface area contributed by atoms with Gasteiger partial charge in [0.25, 0.3) is 5.91 Å². The van der Waals surface area contributed by atoms with Crippen molar-refractivity contribution >= 4 is 21.8 Å². The minimum absolute atomic E-state index is 0.0480.